The monoisotopic (exact) mass is 678 g/mol. The molecule has 3 aromatic carbocycles. The number of nitrogens with one attached hydrogen (secondary N) is 2. The molecule has 0 saturated carbocycles. The van der Waals surface area contributed by atoms with Crippen LogP contribution in [0, 0.1) is 18.6 Å². The average molecular weight is 679 g/mol. The minimum atomic E-state index is -4.51. The number of pyridine rings is 1. The predicted octanol–water partition coefficient (Wildman–Crippen LogP) is 5.34. The van der Waals surface area contributed by atoms with Crippen molar-refractivity contribution in [3.8, 4) is 28.5 Å². The molecule has 13 nitrogen and oxygen atoms in total. The molecule has 5 aromatic rings. The van der Waals surface area contributed by atoms with E-state index < -0.39 is 32.6 Å². The molecular formula is C32H28F2N6O7S. The highest BCUT2D eigenvalue weighted by atomic mass is 32.2. The van der Waals surface area contributed by atoms with E-state index in [0.29, 0.717) is 46.0 Å². The summed E-state index contributed by atoms with van der Waals surface area (Å²) < 4.78 is 72.3. The van der Waals surface area contributed by atoms with Gasteiger partial charge in [0.05, 0.1) is 19.4 Å². The molecular weight excluding hydrogens is 650 g/mol. The van der Waals surface area contributed by atoms with E-state index in [4.69, 9.17) is 19.9 Å². The van der Waals surface area contributed by atoms with Gasteiger partial charge in [-0.25, -0.2) is 36.9 Å². The van der Waals surface area contributed by atoms with Gasteiger partial charge >= 0.3 is 6.09 Å². The van der Waals surface area contributed by atoms with Crippen LogP contribution in [0.5, 0.6) is 17.4 Å². The molecule has 0 unspecified atom stereocenters. The summed E-state index contributed by atoms with van der Waals surface area (Å²) >= 11 is 0. The third kappa shape index (κ3) is 7.72. The first kappa shape index (κ1) is 33.5. The second-order valence-corrected chi connectivity index (χ2v) is 11.9. The molecule has 48 heavy (non-hydrogen) atoms. The molecule has 0 aliphatic rings. The number of sulfonamides is 1. The zero-order valence-corrected chi connectivity index (χ0v) is 26.3. The molecule has 4 N–H and O–H groups in total. The lowest BCUT2D eigenvalue weighted by Crippen LogP contribution is -2.18. The molecule has 5 rings (SSSR count). The minimum Gasteiger partial charge on any atom is -0.491 e. The van der Waals surface area contributed by atoms with Crippen molar-refractivity contribution >= 4 is 44.3 Å². The Morgan fingerprint density at radius 3 is 2.48 bits per heavy atom. The second kappa shape index (κ2) is 14.3. The Morgan fingerprint density at radius 2 is 1.73 bits per heavy atom. The number of aryl methyl sites for hydroxylation is 1. The number of nitrogens with zero attached hydrogens (tertiary/aromatic N) is 3. The van der Waals surface area contributed by atoms with Gasteiger partial charge in [0.2, 0.25) is 11.8 Å². The van der Waals surface area contributed by atoms with E-state index >= 15 is 0 Å². The Balaban J connectivity index is 1.37. The molecule has 16 heteroatoms. The van der Waals surface area contributed by atoms with Crippen molar-refractivity contribution in [2.45, 2.75) is 24.7 Å². The summed E-state index contributed by atoms with van der Waals surface area (Å²) in [5, 5.41) is 3.32. The third-order valence-electron chi connectivity index (χ3n) is 6.89. The molecule has 0 aliphatic heterocycles. The van der Waals surface area contributed by atoms with Gasteiger partial charge < -0.3 is 25.3 Å². The van der Waals surface area contributed by atoms with E-state index in [-0.39, 0.29) is 41.9 Å². The molecule has 0 aliphatic carbocycles. The SMILES string of the molecule is COc1ncc(-c2cc(OCCCC(=O)Nc3ccccc3OC(N)=O)c3ncnc(C)c3c2)cc1NS(=O)(=O)c1ccc(F)cc1F. The number of carbonyl (C=O) groups excluding carboxylic acids is 2. The quantitative estimate of drug-likeness (QED) is 0.146. The van der Waals surface area contributed by atoms with Crippen LogP contribution in [-0.2, 0) is 14.8 Å². The van der Waals surface area contributed by atoms with Crippen LogP contribution in [0.25, 0.3) is 22.0 Å². The smallest absolute Gasteiger partial charge is 0.410 e. The highest BCUT2D eigenvalue weighted by Crippen LogP contribution is 2.36. The highest BCUT2D eigenvalue weighted by molar-refractivity contribution is 7.92. The molecule has 0 spiro atoms. The zero-order valence-electron chi connectivity index (χ0n) is 25.5. The van der Waals surface area contributed by atoms with Crippen molar-refractivity contribution in [3.05, 3.63) is 90.5 Å². The molecule has 0 bridgehead atoms. The Labute approximate surface area is 273 Å². The lowest BCUT2D eigenvalue weighted by Gasteiger charge is -2.15. The number of para-hydroxylation sites is 2. The van der Waals surface area contributed by atoms with Crippen molar-refractivity contribution in [2.24, 2.45) is 5.73 Å². The lowest BCUT2D eigenvalue weighted by molar-refractivity contribution is -0.116. The highest BCUT2D eigenvalue weighted by Gasteiger charge is 2.23. The summed E-state index contributed by atoms with van der Waals surface area (Å²) in [4.78, 5) is 35.8. The van der Waals surface area contributed by atoms with E-state index in [9.17, 15) is 26.8 Å². The Hall–Kier alpha value is -5.90. The maximum Gasteiger partial charge on any atom is 0.410 e. The lowest BCUT2D eigenvalue weighted by atomic mass is 10.0. The fraction of sp³-hybridized carbons (Fsp3) is 0.156. The number of halogens is 2. The van der Waals surface area contributed by atoms with Gasteiger partial charge in [-0.2, -0.15) is 0 Å². The number of anilines is 2. The number of ether oxygens (including phenoxy) is 3. The number of rotatable bonds is 12. The van der Waals surface area contributed by atoms with Crippen LogP contribution >= 0.6 is 0 Å². The number of aromatic nitrogens is 3. The topological polar surface area (TPSA) is 185 Å². The fourth-order valence-electron chi connectivity index (χ4n) is 4.67. The van der Waals surface area contributed by atoms with Crippen molar-refractivity contribution < 1.29 is 41.0 Å². The van der Waals surface area contributed by atoms with Crippen LogP contribution < -0.4 is 30.0 Å². The third-order valence-corrected chi connectivity index (χ3v) is 8.28. The summed E-state index contributed by atoms with van der Waals surface area (Å²) in [5.74, 6) is -2.17. The minimum absolute atomic E-state index is 0.0666. The normalized spacial score (nSPS) is 11.2. The van der Waals surface area contributed by atoms with Crippen molar-refractivity contribution in [1.29, 1.82) is 0 Å². The Kier molecular flexibility index (Phi) is 9.93. The molecule has 248 valence electrons. The first-order valence-corrected chi connectivity index (χ1v) is 15.7. The number of amides is 2. The molecule has 2 heterocycles. The summed E-state index contributed by atoms with van der Waals surface area (Å²) in [6, 6.07) is 13.4. The maximum absolute atomic E-state index is 14.4. The molecule has 2 amide bonds. The van der Waals surface area contributed by atoms with Crippen LogP contribution in [-0.4, -0.2) is 49.1 Å². The number of carbonyl (C=O) groups is 2. The number of hydrogen-bond donors (Lipinski definition) is 3. The molecule has 0 fully saturated rings. The number of benzene rings is 3. The van der Waals surface area contributed by atoms with Crippen LogP contribution in [0.2, 0.25) is 0 Å². The van der Waals surface area contributed by atoms with Crippen molar-refractivity contribution in [2.75, 3.05) is 23.8 Å². The zero-order chi connectivity index (χ0) is 34.4. The van der Waals surface area contributed by atoms with E-state index in [2.05, 4.69) is 25.0 Å². The molecule has 0 radical (unpaired) electrons. The number of nitrogens with two attached hydrogens (primary N) is 1. The van der Waals surface area contributed by atoms with Crippen LogP contribution in [0.1, 0.15) is 18.5 Å². The van der Waals surface area contributed by atoms with Crippen molar-refractivity contribution in [3.63, 3.8) is 0 Å². The number of hydrogen-bond acceptors (Lipinski definition) is 10. The molecule has 0 saturated heterocycles. The van der Waals surface area contributed by atoms with Gasteiger partial charge in [-0.1, -0.05) is 12.1 Å². The van der Waals surface area contributed by atoms with E-state index in [0.717, 1.165) is 12.1 Å². The first-order chi connectivity index (χ1) is 22.9. The van der Waals surface area contributed by atoms with Gasteiger partial charge in [-0.05, 0) is 61.4 Å². The van der Waals surface area contributed by atoms with Gasteiger partial charge in [0, 0.05) is 35.3 Å². The molecule has 2 aromatic heterocycles. The fourth-order valence-corrected chi connectivity index (χ4v) is 5.78. The molecule has 0 atom stereocenters. The Morgan fingerprint density at radius 1 is 0.938 bits per heavy atom. The average Bonchev–Trinajstić information content (AvgIpc) is 3.03. The first-order valence-electron chi connectivity index (χ1n) is 14.2. The predicted molar refractivity (Wildman–Crippen MR) is 171 cm³/mol. The van der Waals surface area contributed by atoms with Gasteiger partial charge in [0.15, 0.2) is 5.75 Å². The number of methoxy groups -OCH3 is 1. The van der Waals surface area contributed by atoms with Crippen LogP contribution in [0.3, 0.4) is 0 Å². The van der Waals surface area contributed by atoms with Crippen molar-refractivity contribution in [1.82, 2.24) is 15.0 Å². The number of primary amides is 1. The summed E-state index contributed by atoms with van der Waals surface area (Å²) in [7, 11) is -3.22. The second-order valence-electron chi connectivity index (χ2n) is 10.2. The van der Waals surface area contributed by atoms with Crippen LogP contribution in [0.15, 0.2) is 78.1 Å². The maximum atomic E-state index is 14.4. The summed E-state index contributed by atoms with van der Waals surface area (Å²) in [6.45, 7) is 1.90. The number of fused-ring (bicyclic) bond motifs is 1. The van der Waals surface area contributed by atoms with E-state index in [1.807, 2.05) is 0 Å². The summed E-state index contributed by atoms with van der Waals surface area (Å²) in [5.41, 5.74) is 7.39. The summed E-state index contributed by atoms with van der Waals surface area (Å²) in [6.07, 6.45) is 2.19. The van der Waals surface area contributed by atoms with Gasteiger partial charge in [-0.15, -0.1) is 0 Å². The van der Waals surface area contributed by atoms with E-state index in [1.54, 1.807) is 37.3 Å². The van der Waals surface area contributed by atoms with Crippen LogP contribution in [0.4, 0.5) is 25.0 Å². The Bertz CT molecular complexity index is 2130. The largest absolute Gasteiger partial charge is 0.491 e. The standard InChI is InChI=1S/C32H28F2N6O7S/c1-18-22-12-19(20-13-25(31(45-2)36-16-20)40-48(43,44)28-10-9-21(33)15-23(28)34)14-27(30(22)38-17-37-18)46-11-5-8-29(41)39-24-6-3-4-7-26(24)47-32(35)42/h3-4,6-7,9-10,12-17,40H,5,8,11H2,1-2H3,(H2,35,42)(H,39,41). The van der Waals surface area contributed by atoms with E-state index in [1.165, 1.54) is 31.8 Å². The van der Waals surface area contributed by atoms with Gasteiger partial charge in [0.25, 0.3) is 10.0 Å². The van der Waals surface area contributed by atoms with Gasteiger partial charge in [0.1, 0.15) is 39.8 Å². The van der Waals surface area contributed by atoms with Gasteiger partial charge in [-0.3, -0.25) is 9.52 Å².